The van der Waals surface area contributed by atoms with E-state index in [2.05, 4.69) is 30.6 Å². The maximum absolute atomic E-state index is 15.0. The van der Waals surface area contributed by atoms with Gasteiger partial charge in [-0.2, -0.15) is 4.98 Å². The number of allylic oxidation sites excluding steroid dienone is 1. The molecule has 1 aliphatic heterocycles. The van der Waals surface area contributed by atoms with E-state index >= 15 is 0 Å². The van der Waals surface area contributed by atoms with Crippen molar-refractivity contribution in [2.24, 2.45) is 0 Å². The summed E-state index contributed by atoms with van der Waals surface area (Å²) in [5, 5.41) is 11.3. The standard InChI is InChI=1S/C22H22F6N6O5/c1-3-39-20(36)11-9(7-38-5-4-30-22-32-21(29)33-34-22)31-8(6-23)10(19(35)37-2)12(11)13-14(24)16(26)18(28)17(27)15(13)25/h12,31H,3-7H2,1-2H3,(H4,29,30,32,33,34). The van der Waals surface area contributed by atoms with Crippen LogP contribution in [-0.2, 0) is 23.8 Å². The number of carbonyl (C=O) groups is 2. The number of nitrogens with zero attached hydrogens (tertiary/aromatic N) is 2. The van der Waals surface area contributed by atoms with Gasteiger partial charge in [0.15, 0.2) is 23.3 Å². The van der Waals surface area contributed by atoms with Crippen molar-refractivity contribution in [1.29, 1.82) is 0 Å². The Kier molecular flexibility index (Phi) is 9.39. The van der Waals surface area contributed by atoms with E-state index in [0.717, 1.165) is 7.11 Å². The van der Waals surface area contributed by atoms with Crippen molar-refractivity contribution in [1.82, 2.24) is 20.5 Å². The normalized spacial score (nSPS) is 15.3. The van der Waals surface area contributed by atoms with E-state index in [4.69, 9.17) is 15.2 Å². The van der Waals surface area contributed by atoms with Crippen molar-refractivity contribution in [2.45, 2.75) is 12.8 Å². The Labute approximate surface area is 216 Å². The van der Waals surface area contributed by atoms with E-state index in [1.165, 1.54) is 6.92 Å². The van der Waals surface area contributed by atoms with Gasteiger partial charge in [0, 0.05) is 12.1 Å². The van der Waals surface area contributed by atoms with Crippen LogP contribution in [0.2, 0.25) is 0 Å². The maximum Gasteiger partial charge on any atom is 0.336 e. The molecular weight excluding hydrogens is 542 g/mol. The summed E-state index contributed by atoms with van der Waals surface area (Å²) in [6, 6.07) is 0. The van der Waals surface area contributed by atoms with E-state index in [9.17, 15) is 35.9 Å². The number of halogens is 6. The van der Waals surface area contributed by atoms with Gasteiger partial charge in [0.25, 0.3) is 0 Å². The van der Waals surface area contributed by atoms with Crippen LogP contribution in [0, 0.1) is 29.1 Å². The molecule has 0 saturated heterocycles. The van der Waals surface area contributed by atoms with E-state index in [1.807, 2.05) is 0 Å². The number of aromatic nitrogens is 3. The smallest absolute Gasteiger partial charge is 0.336 e. The summed E-state index contributed by atoms with van der Waals surface area (Å²) in [5.41, 5.74) is 1.15. The Balaban J connectivity index is 2.10. The third kappa shape index (κ3) is 5.92. The lowest BCUT2D eigenvalue weighted by molar-refractivity contribution is -0.139. The Morgan fingerprint density at radius 3 is 2.15 bits per heavy atom. The number of aromatic amines is 1. The summed E-state index contributed by atoms with van der Waals surface area (Å²) in [4.78, 5) is 29.4. The predicted molar refractivity (Wildman–Crippen MR) is 121 cm³/mol. The molecule has 0 aliphatic carbocycles. The molecule has 5 N–H and O–H groups in total. The quantitative estimate of drug-likeness (QED) is 0.105. The van der Waals surface area contributed by atoms with Crippen LogP contribution in [0.5, 0.6) is 0 Å². The first-order valence-electron chi connectivity index (χ1n) is 11.1. The highest BCUT2D eigenvalue weighted by molar-refractivity contribution is 6.00. The van der Waals surface area contributed by atoms with Crippen LogP contribution in [0.4, 0.5) is 38.2 Å². The van der Waals surface area contributed by atoms with Crippen molar-refractivity contribution in [3.05, 3.63) is 57.2 Å². The molecular formula is C22H22F6N6O5. The van der Waals surface area contributed by atoms with Gasteiger partial charge in [0.2, 0.25) is 17.7 Å². The molecule has 1 unspecified atom stereocenters. The lowest BCUT2D eigenvalue weighted by Crippen LogP contribution is -2.37. The fourth-order valence-corrected chi connectivity index (χ4v) is 3.76. The lowest BCUT2D eigenvalue weighted by Gasteiger charge is -2.32. The molecule has 39 heavy (non-hydrogen) atoms. The number of nitrogens with two attached hydrogens (primary N) is 1. The minimum Gasteiger partial charge on any atom is -0.466 e. The zero-order valence-electron chi connectivity index (χ0n) is 20.4. The van der Waals surface area contributed by atoms with Crippen molar-refractivity contribution < 1.29 is 50.1 Å². The molecule has 1 aromatic carbocycles. The van der Waals surface area contributed by atoms with Gasteiger partial charge in [-0.1, -0.05) is 0 Å². The van der Waals surface area contributed by atoms with Crippen LogP contribution in [0.15, 0.2) is 22.5 Å². The third-order valence-electron chi connectivity index (χ3n) is 5.37. The summed E-state index contributed by atoms with van der Waals surface area (Å²) in [6.45, 7) is -0.984. The topological polar surface area (TPSA) is 153 Å². The van der Waals surface area contributed by atoms with Crippen molar-refractivity contribution in [3.63, 3.8) is 0 Å². The molecule has 2 heterocycles. The molecule has 0 bridgehead atoms. The van der Waals surface area contributed by atoms with Crippen LogP contribution in [0.1, 0.15) is 18.4 Å². The third-order valence-corrected chi connectivity index (χ3v) is 5.37. The summed E-state index contributed by atoms with van der Waals surface area (Å²) in [7, 11) is 0.835. The molecule has 17 heteroatoms. The molecule has 2 aromatic rings. The average Bonchev–Trinajstić information content (AvgIpc) is 3.34. The van der Waals surface area contributed by atoms with Gasteiger partial charge in [-0.25, -0.2) is 41.0 Å². The summed E-state index contributed by atoms with van der Waals surface area (Å²) in [5.74, 6) is -16.7. The number of hydrogen-bond acceptors (Lipinski definition) is 10. The molecule has 0 saturated carbocycles. The number of esters is 2. The number of alkyl halides is 1. The molecule has 0 spiro atoms. The molecule has 1 aliphatic rings. The number of benzene rings is 1. The zero-order valence-corrected chi connectivity index (χ0v) is 20.4. The number of methoxy groups -OCH3 is 1. The zero-order chi connectivity index (χ0) is 28.9. The van der Waals surface area contributed by atoms with Crippen LogP contribution >= 0.6 is 0 Å². The maximum atomic E-state index is 15.0. The number of dihydropyridines is 1. The molecule has 3 rings (SSSR count). The van der Waals surface area contributed by atoms with Crippen molar-refractivity contribution in [3.8, 4) is 0 Å². The fraction of sp³-hybridized carbons (Fsp3) is 0.364. The van der Waals surface area contributed by atoms with Gasteiger partial charge >= 0.3 is 11.9 Å². The number of ether oxygens (including phenoxy) is 3. The molecule has 1 atom stereocenters. The number of anilines is 2. The largest absolute Gasteiger partial charge is 0.466 e. The molecule has 0 fully saturated rings. The minimum absolute atomic E-state index is 0.0418. The Hall–Kier alpha value is -4.28. The predicted octanol–water partition coefficient (Wildman–Crippen LogP) is 2.11. The van der Waals surface area contributed by atoms with E-state index in [0.29, 0.717) is 0 Å². The number of hydrogen-bond donors (Lipinski definition) is 4. The van der Waals surface area contributed by atoms with Crippen LogP contribution < -0.4 is 16.4 Å². The van der Waals surface area contributed by atoms with Gasteiger partial charge in [-0.05, 0) is 6.92 Å². The number of nitrogen functional groups attached to an aromatic ring is 1. The first-order chi connectivity index (χ1) is 18.6. The number of H-pyrrole nitrogens is 1. The molecule has 0 radical (unpaired) electrons. The van der Waals surface area contributed by atoms with Crippen LogP contribution in [0.25, 0.3) is 0 Å². The van der Waals surface area contributed by atoms with Crippen LogP contribution in [-0.4, -0.2) is 67.3 Å². The molecule has 1 aromatic heterocycles. The number of carbonyl (C=O) groups excluding carboxylic acids is 2. The SMILES string of the molecule is CCOC(=O)C1=C(COCCNc2n[nH]c(N)n2)NC(CF)=C(C(=O)OC)C1c1c(F)c(F)c(F)c(F)c1F. The van der Waals surface area contributed by atoms with Crippen molar-refractivity contribution in [2.75, 3.05) is 51.2 Å². The minimum atomic E-state index is -2.47. The van der Waals surface area contributed by atoms with E-state index in [-0.39, 0.29) is 37.4 Å². The summed E-state index contributed by atoms with van der Waals surface area (Å²) < 4.78 is 101. The van der Waals surface area contributed by atoms with Gasteiger partial charge < -0.3 is 30.6 Å². The second-order valence-corrected chi connectivity index (χ2v) is 7.70. The highest BCUT2D eigenvalue weighted by Gasteiger charge is 2.44. The number of rotatable bonds is 11. The van der Waals surface area contributed by atoms with Crippen LogP contribution in [0.3, 0.4) is 0 Å². The summed E-state index contributed by atoms with van der Waals surface area (Å²) >= 11 is 0. The van der Waals surface area contributed by atoms with Crippen molar-refractivity contribution >= 4 is 23.8 Å². The molecule has 11 nitrogen and oxygen atoms in total. The van der Waals surface area contributed by atoms with E-state index < -0.39 is 82.6 Å². The number of nitrogens with one attached hydrogen (secondary N) is 3. The Bertz CT molecular complexity index is 1300. The highest BCUT2D eigenvalue weighted by atomic mass is 19.2. The monoisotopic (exact) mass is 564 g/mol. The highest BCUT2D eigenvalue weighted by Crippen LogP contribution is 2.43. The van der Waals surface area contributed by atoms with Gasteiger partial charge in [-0.3, -0.25) is 0 Å². The second-order valence-electron chi connectivity index (χ2n) is 7.70. The Morgan fingerprint density at radius 2 is 1.62 bits per heavy atom. The first-order valence-corrected chi connectivity index (χ1v) is 11.1. The molecule has 212 valence electrons. The van der Waals surface area contributed by atoms with E-state index in [1.54, 1.807) is 0 Å². The van der Waals surface area contributed by atoms with Gasteiger partial charge in [-0.15, -0.1) is 5.10 Å². The fourth-order valence-electron chi connectivity index (χ4n) is 3.76. The lowest BCUT2D eigenvalue weighted by atomic mass is 9.79. The van der Waals surface area contributed by atoms with Gasteiger partial charge in [0.1, 0.15) is 6.67 Å². The Morgan fingerprint density at radius 1 is 1.00 bits per heavy atom. The molecule has 0 amide bonds. The summed E-state index contributed by atoms with van der Waals surface area (Å²) in [6.07, 6.45) is 0. The average molecular weight is 564 g/mol. The van der Waals surface area contributed by atoms with Gasteiger partial charge in [0.05, 0.1) is 55.4 Å². The second kappa shape index (κ2) is 12.5. The first kappa shape index (κ1) is 29.3.